The number of ketones is 1. The van der Waals surface area contributed by atoms with Crippen molar-refractivity contribution in [3.63, 3.8) is 0 Å². The fraction of sp³-hybridized carbons (Fsp3) is 0.500. The van der Waals surface area contributed by atoms with Gasteiger partial charge in [0.25, 0.3) is 0 Å². The number of nitrogens with zero attached hydrogens (tertiary/aromatic N) is 1. The zero-order chi connectivity index (χ0) is 11.1. The molecule has 1 aromatic heterocycles. The van der Waals surface area contributed by atoms with E-state index in [1.165, 1.54) is 0 Å². The van der Waals surface area contributed by atoms with Gasteiger partial charge in [-0.15, -0.1) is 0 Å². The first-order valence-electron chi connectivity index (χ1n) is 5.24. The Labute approximate surface area is 90.5 Å². The number of aryl methyl sites for hydroxylation is 1. The highest BCUT2D eigenvalue weighted by Gasteiger charge is 2.06. The maximum atomic E-state index is 11.5. The van der Waals surface area contributed by atoms with Crippen LogP contribution in [0.2, 0.25) is 0 Å². The lowest BCUT2D eigenvalue weighted by atomic mass is 10.1. The fourth-order valence-corrected chi connectivity index (χ4v) is 1.31. The Kier molecular flexibility index (Phi) is 4.98. The Hall–Kier alpha value is -1.22. The van der Waals surface area contributed by atoms with Crippen LogP contribution in [0, 0.1) is 6.92 Å². The van der Waals surface area contributed by atoms with E-state index in [1.807, 2.05) is 26.0 Å². The predicted octanol–water partition coefficient (Wildman–Crippen LogP) is 1.93. The number of ether oxygens (including phenoxy) is 1. The van der Waals surface area contributed by atoms with Crippen molar-refractivity contribution in [2.24, 2.45) is 0 Å². The van der Waals surface area contributed by atoms with Crippen molar-refractivity contribution in [2.75, 3.05) is 13.2 Å². The smallest absolute Gasteiger partial charge is 0.141 e. The van der Waals surface area contributed by atoms with E-state index in [0.29, 0.717) is 26.1 Å². The summed E-state index contributed by atoms with van der Waals surface area (Å²) in [6, 6.07) is 3.85. The molecule has 0 unspecified atom stereocenters. The Morgan fingerprint density at radius 1 is 1.53 bits per heavy atom. The number of Topliss-reactive ketones (excluding diaryl/α,β-unsaturated/α-hetero) is 1. The minimum Gasteiger partial charge on any atom is -0.381 e. The Morgan fingerprint density at radius 3 is 3.00 bits per heavy atom. The monoisotopic (exact) mass is 207 g/mol. The summed E-state index contributed by atoms with van der Waals surface area (Å²) in [5.74, 6) is 0.185. The molecule has 0 spiro atoms. The second-order valence-corrected chi connectivity index (χ2v) is 3.43. The van der Waals surface area contributed by atoms with Crippen LogP contribution in [0.3, 0.4) is 0 Å². The molecule has 3 nitrogen and oxygen atoms in total. The Morgan fingerprint density at radius 2 is 2.33 bits per heavy atom. The van der Waals surface area contributed by atoms with Crippen LogP contribution in [0.25, 0.3) is 0 Å². The molecule has 0 aliphatic heterocycles. The summed E-state index contributed by atoms with van der Waals surface area (Å²) in [5.41, 5.74) is 1.95. The number of pyridine rings is 1. The molecule has 0 aromatic carbocycles. The van der Waals surface area contributed by atoms with Gasteiger partial charge in [0.1, 0.15) is 5.78 Å². The van der Waals surface area contributed by atoms with Gasteiger partial charge < -0.3 is 4.74 Å². The van der Waals surface area contributed by atoms with E-state index in [2.05, 4.69) is 4.98 Å². The van der Waals surface area contributed by atoms with E-state index in [-0.39, 0.29) is 5.78 Å². The van der Waals surface area contributed by atoms with Crippen LogP contribution in [0.1, 0.15) is 24.6 Å². The summed E-state index contributed by atoms with van der Waals surface area (Å²) >= 11 is 0. The SMILES string of the molecule is CCOCCC(=O)Cc1ncccc1C. The molecule has 0 aliphatic rings. The largest absolute Gasteiger partial charge is 0.381 e. The molecule has 0 saturated heterocycles. The van der Waals surface area contributed by atoms with Crippen LogP contribution in [0.15, 0.2) is 18.3 Å². The molecule has 0 atom stereocenters. The second kappa shape index (κ2) is 6.30. The third-order valence-corrected chi connectivity index (χ3v) is 2.21. The maximum absolute atomic E-state index is 11.5. The van der Waals surface area contributed by atoms with Crippen LogP contribution in [0.5, 0.6) is 0 Å². The number of hydrogen-bond donors (Lipinski definition) is 0. The number of rotatable bonds is 6. The maximum Gasteiger partial charge on any atom is 0.141 e. The van der Waals surface area contributed by atoms with E-state index >= 15 is 0 Å². The molecule has 0 radical (unpaired) electrons. The molecular formula is C12H17NO2. The molecule has 15 heavy (non-hydrogen) atoms. The molecule has 1 heterocycles. The second-order valence-electron chi connectivity index (χ2n) is 3.43. The van der Waals surface area contributed by atoms with Gasteiger partial charge in [-0.2, -0.15) is 0 Å². The van der Waals surface area contributed by atoms with Gasteiger partial charge in [0.15, 0.2) is 0 Å². The van der Waals surface area contributed by atoms with E-state index < -0.39 is 0 Å². The molecule has 82 valence electrons. The first-order valence-corrected chi connectivity index (χ1v) is 5.24. The van der Waals surface area contributed by atoms with Crippen molar-refractivity contribution in [1.82, 2.24) is 4.98 Å². The van der Waals surface area contributed by atoms with Crippen LogP contribution in [-0.2, 0) is 16.0 Å². The zero-order valence-electron chi connectivity index (χ0n) is 9.32. The van der Waals surface area contributed by atoms with Gasteiger partial charge in [0.05, 0.1) is 12.3 Å². The first-order chi connectivity index (χ1) is 7.24. The number of carbonyl (C=O) groups is 1. The molecule has 3 heteroatoms. The van der Waals surface area contributed by atoms with Crippen molar-refractivity contribution in [1.29, 1.82) is 0 Å². The molecule has 1 rings (SSSR count). The quantitative estimate of drug-likeness (QED) is 0.669. The van der Waals surface area contributed by atoms with Gasteiger partial charge in [-0.05, 0) is 25.5 Å². The highest BCUT2D eigenvalue weighted by atomic mass is 16.5. The third kappa shape index (κ3) is 4.21. The highest BCUT2D eigenvalue weighted by molar-refractivity contribution is 5.80. The van der Waals surface area contributed by atoms with E-state index in [9.17, 15) is 4.79 Å². The average molecular weight is 207 g/mol. The average Bonchev–Trinajstić information content (AvgIpc) is 2.22. The van der Waals surface area contributed by atoms with Crippen molar-refractivity contribution in [3.05, 3.63) is 29.6 Å². The van der Waals surface area contributed by atoms with Crippen molar-refractivity contribution >= 4 is 5.78 Å². The van der Waals surface area contributed by atoms with Crippen LogP contribution >= 0.6 is 0 Å². The zero-order valence-corrected chi connectivity index (χ0v) is 9.32. The van der Waals surface area contributed by atoms with Crippen LogP contribution in [0.4, 0.5) is 0 Å². The van der Waals surface area contributed by atoms with Crippen LogP contribution in [-0.4, -0.2) is 24.0 Å². The van der Waals surface area contributed by atoms with Crippen molar-refractivity contribution in [2.45, 2.75) is 26.7 Å². The molecule has 1 aromatic rings. The van der Waals surface area contributed by atoms with Crippen LogP contribution < -0.4 is 0 Å². The summed E-state index contributed by atoms with van der Waals surface area (Å²) in [5, 5.41) is 0. The van der Waals surface area contributed by atoms with Gasteiger partial charge in [-0.3, -0.25) is 9.78 Å². The standard InChI is InChI=1S/C12H17NO2/c1-3-15-8-6-11(14)9-12-10(2)5-4-7-13-12/h4-5,7H,3,6,8-9H2,1-2H3. The van der Waals surface area contributed by atoms with Gasteiger partial charge >= 0.3 is 0 Å². The van der Waals surface area contributed by atoms with Gasteiger partial charge in [-0.25, -0.2) is 0 Å². The normalized spacial score (nSPS) is 10.3. The van der Waals surface area contributed by atoms with Gasteiger partial charge in [0.2, 0.25) is 0 Å². The van der Waals surface area contributed by atoms with E-state index in [0.717, 1.165) is 11.3 Å². The predicted molar refractivity (Wildman–Crippen MR) is 58.8 cm³/mol. The van der Waals surface area contributed by atoms with E-state index in [4.69, 9.17) is 4.74 Å². The summed E-state index contributed by atoms with van der Waals surface area (Å²) < 4.78 is 5.13. The molecule has 0 aliphatic carbocycles. The van der Waals surface area contributed by atoms with Gasteiger partial charge in [0, 0.05) is 25.6 Å². The number of aromatic nitrogens is 1. The fourth-order valence-electron chi connectivity index (χ4n) is 1.31. The van der Waals surface area contributed by atoms with Crippen molar-refractivity contribution in [3.8, 4) is 0 Å². The Balaban J connectivity index is 2.41. The first kappa shape index (κ1) is 11.9. The lowest BCUT2D eigenvalue weighted by molar-refractivity contribution is -0.119. The Bertz CT molecular complexity index is 323. The molecule has 0 N–H and O–H groups in total. The highest BCUT2D eigenvalue weighted by Crippen LogP contribution is 2.05. The summed E-state index contributed by atoms with van der Waals surface area (Å²) in [7, 11) is 0. The molecule has 0 saturated carbocycles. The third-order valence-electron chi connectivity index (χ3n) is 2.21. The van der Waals surface area contributed by atoms with Gasteiger partial charge in [-0.1, -0.05) is 6.07 Å². The lowest BCUT2D eigenvalue weighted by Crippen LogP contribution is -2.09. The minimum absolute atomic E-state index is 0.185. The number of hydrogen-bond acceptors (Lipinski definition) is 3. The molecule has 0 amide bonds. The number of carbonyl (C=O) groups excluding carboxylic acids is 1. The molecule has 0 bridgehead atoms. The topological polar surface area (TPSA) is 39.2 Å². The molecule has 0 fully saturated rings. The minimum atomic E-state index is 0.185. The summed E-state index contributed by atoms with van der Waals surface area (Å²) in [4.78, 5) is 15.7. The van der Waals surface area contributed by atoms with E-state index in [1.54, 1.807) is 6.20 Å². The van der Waals surface area contributed by atoms with Crippen molar-refractivity contribution < 1.29 is 9.53 Å². The summed E-state index contributed by atoms with van der Waals surface area (Å²) in [6.07, 6.45) is 2.61. The summed E-state index contributed by atoms with van der Waals surface area (Å²) in [6.45, 7) is 5.07. The lowest BCUT2D eigenvalue weighted by Gasteiger charge is -2.03. The molecular weight excluding hydrogens is 190 g/mol.